The van der Waals surface area contributed by atoms with Crippen LogP contribution in [0.1, 0.15) is 13.2 Å². The van der Waals surface area contributed by atoms with Crippen molar-refractivity contribution in [1.29, 1.82) is 0 Å². The Morgan fingerprint density at radius 2 is 2.30 bits per heavy atom. The van der Waals surface area contributed by atoms with Gasteiger partial charge in [0, 0.05) is 6.20 Å². The Bertz CT molecular complexity index is 645. The monoisotopic (exact) mass is 282 g/mol. The maximum absolute atomic E-state index is 14.1. The molecular formula is C12H15FN4O3. The molecule has 0 spiro atoms. The highest BCUT2D eigenvalue weighted by atomic mass is 19.1. The van der Waals surface area contributed by atoms with Gasteiger partial charge in [-0.25, -0.2) is 14.4 Å². The molecule has 2 aromatic rings. The number of nitrogen functional groups attached to an aromatic ring is 1. The van der Waals surface area contributed by atoms with E-state index in [-0.39, 0.29) is 0 Å². The number of aromatic nitrogens is 3. The lowest BCUT2D eigenvalue weighted by Gasteiger charge is -2.26. The topological polar surface area (TPSA) is 106 Å². The van der Waals surface area contributed by atoms with Crippen molar-refractivity contribution in [1.82, 2.24) is 14.5 Å². The van der Waals surface area contributed by atoms with Gasteiger partial charge in [0.2, 0.25) is 0 Å². The number of nitrogens with two attached hydrogens (primary N) is 1. The highest BCUT2D eigenvalue weighted by molar-refractivity contribution is 5.86. The van der Waals surface area contributed by atoms with Gasteiger partial charge in [-0.2, -0.15) is 0 Å². The Morgan fingerprint density at radius 3 is 2.95 bits per heavy atom. The summed E-state index contributed by atoms with van der Waals surface area (Å²) < 4.78 is 21.0. The molecular weight excluding hydrogens is 267 g/mol. The molecule has 0 radical (unpaired) electrons. The van der Waals surface area contributed by atoms with Crippen molar-refractivity contribution < 1.29 is 19.3 Å². The van der Waals surface area contributed by atoms with Crippen LogP contribution in [0.15, 0.2) is 18.6 Å². The minimum atomic E-state index is -1.78. The number of hydrogen-bond donors (Lipinski definition) is 3. The number of anilines is 1. The van der Waals surface area contributed by atoms with Crippen molar-refractivity contribution in [3.05, 3.63) is 18.6 Å². The van der Waals surface area contributed by atoms with E-state index < -0.39 is 30.7 Å². The molecule has 0 aromatic carbocycles. The maximum Gasteiger partial charge on any atom is 0.167 e. The standard InChI is InChI=1S/C12H15FN4O3/c1-12(19)8(13)7(4-18)20-11(12)17-3-2-6-9(14)15-5-16-10(6)17/h2-3,5,7-8,11,18-19H,4H2,1H3,(H2,14,15,16)/t7-,8-,11?,12-/m1/s1. The molecule has 0 bridgehead atoms. The molecule has 1 aliphatic heterocycles. The smallest absolute Gasteiger partial charge is 0.167 e. The van der Waals surface area contributed by atoms with Gasteiger partial charge in [0.05, 0.1) is 12.0 Å². The molecule has 2 aromatic heterocycles. The van der Waals surface area contributed by atoms with Crippen LogP contribution in [0.5, 0.6) is 0 Å². The zero-order valence-corrected chi connectivity index (χ0v) is 10.8. The number of nitrogens with zero attached hydrogens (tertiary/aromatic N) is 3. The lowest BCUT2D eigenvalue weighted by atomic mass is 9.98. The highest BCUT2D eigenvalue weighted by Crippen LogP contribution is 2.41. The van der Waals surface area contributed by atoms with Crippen molar-refractivity contribution in [2.24, 2.45) is 0 Å². The molecule has 7 nitrogen and oxygen atoms in total. The lowest BCUT2D eigenvalue weighted by Crippen LogP contribution is -2.41. The summed E-state index contributed by atoms with van der Waals surface area (Å²) in [5, 5.41) is 20.0. The van der Waals surface area contributed by atoms with Gasteiger partial charge in [-0.1, -0.05) is 0 Å². The number of ether oxygens (including phenoxy) is 1. The van der Waals surface area contributed by atoms with Crippen molar-refractivity contribution >= 4 is 16.9 Å². The summed E-state index contributed by atoms with van der Waals surface area (Å²) in [6.45, 7) is 0.818. The first-order chi connectivity index (χ1) is 9.46. The number of halogens is 1. The molecule has 8 heteroatoms. The summed E-state index contributed by atoms with van der Waals surface area (Å²) in [6, 6.07) is 1.67. The minimum Gasteiger partial charge on any atom is -0.394 e. The van der Waals surface area contributed by atoms with Crippen LogP contribution in [0.3, 0.4) is 0 Å². The second kappa shape index (κ2) is 4.37. The fraction of sp³-hybridized carbons (Fsp3) is 0.500. The first kappa shape index (κ1) is 13.2. The normalized spacial score (nSPS) is 33.9. The second-order valence-corrected chi connectivity index (χ2v) is 5.06. The second-order valence-electron chi connectivity index (χ2n) is 5.06. The number of rotatable bonds is 2. The van der Waals surface area contributed by atoms with Crippen LogP contribution in [0.4, 0.5) is 10.2 Å². The Labute approximate surface area is 113 Å². The average molecular weight is 282 g/mol. The molecule has 108 valence electrons. The van der Waals surface area contributed by atoms with Gasteiger partial charge in [0.25, 0.3) is 0 Å². The molecule has 0 saturated carbocycles. The van der Waals surface area contributed by atoms with Crippen LogP contribution in [0.25, 0.3) is 11.0 Å². The first-order valence-electron chi connectivity index (χ1n) is 6.16. The number of fused-ring (bicyclic) bond motifs is 1. The molecule has 0 amide bonds. The number of aliphatic hydroxyl groups is 2. The van der Waals surface area contributed by atoms with Crippen LogP contribution in [0.2, 0.25) is 0 Å². The lowest BCUT2D eigenvalue weighted by molar-refractivity contribution is -0.0889. The molecule has 3 heterocycles. The van der Waals surface area contributed by atoms with Gasteiger partial charge in [0.15, 0.2) is 12.4 Å². The Hall–Kier alpha value is -1.77. The van der Waals surface area contributed by atoms with Crippen molar-refractivity contribution in [2.75, 3.05) is 12.3 Å². The first-order valence-corrected chi connectivity index (χ1v) is 6.16. The van der Waals surface area contributed by atoms with E-state index in [1.165, 1.54) is 17.8 Å². The zero-order valence-electron chi connectivity index (χ0n) is 10.8. The summed E-state index contributed by atoms with van der Waals surface area (Å²) in [6.07, 6.45) is -0.891. The van der Waals surface area contributed by atoms with E-state index >= 15 is 0 Å². The Balaban J connectivity index is 2.10. The summed E-state index contributed by atoms with van der Waals surface area (Å²) in [5.74, 6) is 0.293. The summed E-state index contributed by atoms with van der Waals surface area (Å²) in [5.41, 5.74) is 4.39. The van der Waals surface area contributed by atoms with Gasteiger partial charge >= 0.3 is 0 Å². The van der Waals surface area contributed by atoms with Gasteiger partial charge in [-0.05, 0) is 13.0 Å². The van der Waals surface area contributed by atoms with Gasteiger partial charge in [0.1, 0.15) is 29.5 Å². The number of alkyl halides is 1. The van der Waals surface area contributed by atoms with Crippen molar-refractivity contribution in [2.45, 2.75) is 31.0 Å². The van der Waals surface area contributed by atoms with E-state index in [9.17, 15) is 9.50 Å². The predicted molar refractivity (Wildman–Crippen MR) is 68.5 cm³/mol. The summed E-state index contributed by atoms with van der Waals surface area (Å²) in [4.78, 5) is 7.95. The van der Waals surface area contributed by atoms with Crippen LogP contribution in [-0.4, -0.2) is 49.2 Å². The van der Waals surface area contributed by atoms with Gasteiger partial charge in [-0.3, -0.25) is 0 Å². The van der Waals surface area contributed by atoms with Crippen LogP contribution < -0.4 is 5.73 Å². The Morgan fingerprint density at radius 1 is 1.55 bits per heavy atom. The van der Waals surface area contributed by atoms with Crippen LogP contribution >= 0.6 is 0 Å². The fourth-order valence-electron chi connectivity index (χ4n) is 2.55. The minimum absolute atomic E-state index is 0.293. The molecule has 0 aliphatic carbocycles. The van der Waals surface area contributed by atoms with E-state index in [1.54, 1.807) is 12.3 Å². The molecule has 1 fully saturated rings. The Kier molecular flexibility index (Phi) is 2.89. The molecule has 1 unspecified atom stereocenters. The molecule has 4 N–H and O–H groups in total. The molecule has 20 heavy (non-hydrogen) atoms. The third-order valence-corrected chi connectivity index (χ3v) is 3.66. The number of hydrogen-bond acceptors (Lipinski definition) is 6. The van der Waals surface area contributed by atoms with Crippen LogP contribution in [0, 0.1) is 0 Å². The molecule has 3 rings (SSSR count). The predicted octanol–water partition coefficient (Wildman–Crippen LogP) is -0.00770. The quantitative estimate of drug-likeness (QED) is 0.715. The average Bonchev–Trinajstić information content (AvgIpc) is 2.92. The SMILES string of the molecule is C[C@]1(O)C(n2ccc3c(N)ncnc32)O[C@H](CO)[C@H]1F. The van der Waals surface area contributed by atoms with E-state index in [4.69, 9.17) is 15.6 Å². The maximum atomic E-state index is 14.1. The molecule has 1 saturated heterocycles. The third-order valence-electron chi connectivity index (χ3n) is 3.66. The zero-order chi connectivity index (χ0) is 14.5. The largest absolute Gasteiger partial charge is 0.394 e. The third kappa shape index (κ3) is 1.69. The van der Waals surface area contributed by atoms with Crippen LogP contribution in [-0.2, 0) is 4.74 Å². The van der Waals surface area contributed by atoms with Gasteiger partial charge in [-0.15, -0.1) is 0 Å². The number of aliphatic hydroxyl groups excluding tert-OH is 1. The van der Waals surface area contributed by atoms with E-state index in [2.05, 4.69) is 9.97 Å². The highest BCUT2D eigenvalue weighted by Gasteiger charge is 2.54. The molecule has 4 atom stereocenters. The van der Waals surface area contributed by atoms with E-state index in [0.29, 0.717) is 16.9 Å². The summed E-state index contributed by atoms with van der Waals surface area (Å²) >= 11 is 0. The van der Waals surface area contributed by atoms with Gasteiger partial charge < -0.3 is 25.3 Å². The fourth-order valence-corrected chi connectivity index (χ4v) is 2.55. The van der Waals surface area contributed by atoms with E-state index in [0.717, 1.165) is 0 Å². The van der Waals surface area contributed by atoms with Crippen molar-refractivity contribution in [3.8, 4) is 0 Å². The van der Waals surface area contributed by atoms with Crippen molar-refractivity contribution in [3.63, 3.8) is 0 Å². The summed E-state index contributed by atoms with van der Waals surface area (Å²) in [7, 11) is 0. The molecule has 1 aliphatic rings. The van der Waals surface area contributed by atoms with E-state index in [1.807, 2.05) is 0 Å².